The number of pyridine rings is 1. The van der Waals surface area contributed by atoms with Crippen molar-refractivity contribution in [1.29, 1.82) is 0 Å². The van der Waals surface area contributed by atoms with E-state index in [1.165, 1.54) is 6.20 Å². The Kier molecular flexibility index (Phi) is 5.39. The van der Waals surface area contributed by atoms with Crippen molar-refractivity contribution in [2.24, 2.45) is 0 Å². The van der Waals surface area contributed by atoms with Crippen molar-refractivity contribution in [3.05, 3.63) is 58.9 Å². The summed E-state index contributed by atoms with van der Waals surface area (Å²) < 4.78 is 5.15. The summed E-state index contributed by atoms with van der Waals surface area (Å²) in [5.74, 6) is 0.720. The van der Waals surface area contributed by atoms with E-state index in [0.29, 0.717) is 10.6 Å². The maximum atomic E-state index is 12.5. The van der Waals surface area contributed by atoms with E-state index in [0.717, 1.165) is 17.7 Å². The fourth-order valence-electron chi connectivity index (χ4n) is 2.18. The molecule has 1 aromatic heterocycles. The number of ether oxygens (including phenoxy) is 1. The van der Waals surface area contributed by atoms with Gasteiger partial charge in [-0.3, -0.25) is 9.78 Å². The maximum Gasteiger partial charge on any atom is 0.255 e. The van der Waals surface area contributed by atoms with E-state index in [9.17, 15) is 4.79 Å². The molecule has 0 saturated carbocycles. The Bertz CT molecular complexity index is 643. The lowest BCUT2D eigenvalue weighted by Crippen LogP contribution is -2.36. The Balaban J connectivity index is 2.06. The number of hydrogen-bond donors (Lipinski definition) is 0. The van der Waals surface area contributed by atoms with Crippen LogP contribution in [0, 0.1) is 0 Å². The number of rotatable bonds is 5. The van der Waals surface area contributed by atoms with Crippen LogP contribution in [0.4, 0.5) is 0 Å². The summed E-state index contributed by atoms with van der Waals surface area (Å²) in [6.45, 7) is 2.01. The van der Waals surface area contributed by atoms with Crippen LogP contribution >= 0.6 is 11.6 Å². The zero-order chi connectivity index (χ0) is 16.1. The predicted molar refractivity (Wildman–Crippen MR) is 87.5 cm³/mol. The first kappa shape index (κ1) is 16.3. The number of aromatic nitrogens is 1. The molecule has 0 aliphatic carbocycles. The highest BCUT2D eigenvalue weighted by atomic mass is 35.5. The van der Waals surface area contributed by atoms with E-state index in [-0.39, 0.29) is 11.9 Å². The molecule has 0 spiro atoms. The summed E-state index contributed by atoms with van der Waals surface area (Å²) in [6.07, 6.45) is 3.81. The SMILES string of the molecule is COc1ccc(CC(C)N(C)C(=O)c2ccncc2Cl)cc1. The molecule has 0 aliphatic heterocycles. The Morgan fingerprint density at radius 2 is 2.00 bits per heavy atom. The number of methoxy groups -OCH3 is 1. The van der Waals surface area contributed by atoms with E-state index < -0.39 is 0 Å². The van der Waals surface area contributed by atoms with Crippen LogP contribution in [-0.4, -0.2) is 36.0 Å². The smallest absolute Gasteiger partial charge is 0.255 e. The molecule has 0 radical (unpaired) electrons. The monoisotopic (exact) mass is 318 g/mol. The zero-order valence-electron chi connectivity index (χ0n) is 12.9. The second-order valence-corrected chi connectivity index (χ2v) is 5.58. The molecule has 2 aromatic rings. The molecule has 0 N–H and O–H groups in total. The van der Waals surface area contributed by atoms with Crippen LogP contribution in [0.25, 0.3) is 0 Å². The van der Waals surface area contributed by atoms with Crippen molar-refractivity contribution in [2.75, 3.05) is 14.2 Å². The van der Waals surface area contributed by atoms with Gasteiger partial charge in [-0.1, -0.05) is 23.7 Å². The van der Waals surface area contributed by atoms with Gasteiger partial charge in [0, 0.05) is 25.5 Å². The fraction of sp³-hybridized carbons (Fsp3) is 0.294. The zero-order valence-corrected chi connectivity index (χ0v) is 13.7. The van der Waals surface area contributed by atoms with Gasteiger partial charge in [0.2, 0.25) is 0 Å². The third kappa shape index (κ3) is 3.77. The summed E-state index contributed by atoms with van der Waals surface area (Å²) >= 11 is 6.04. The quantitative estimate of drug-likeness (QED) is 0.848. The Labute approximate surface area is 135 Å². The van der Waals surface area contributed by atoms with Gasteiger partial charge in [0.15, 0.2) is 0 Å². The van der Waals surface area contributed by atoms with Gasteiger partial charge >= 0.3 is 0 Å². The molecule has 0 bridgehead atoms. The minimum Gasteiger partial charge on any atom is -0.497 e. The highest BCUT2D eigenvalue weighted by Crippen LogP contribution is 2.18. The summed E-state index contributed by atoms with van der Waals surface area (Å²) in [4.78, 5) is 18.1. The first-order valence-electron chi connectivity index (χ1n) is 7.02. The normalized spacial score (nSPS) is 11.8. The van der Waals surface area contributed by atoms with Crippen LogP contribution < -0.4 is 4.74 Å². The second-order valence-electron chi connectivity index (χ2n) is 5.17. The Morgan fingerprint density at radius 3 is 2.59 bits per heavy atom. The summed E-state index contributed by atoms with van der Waals surface area (Å²) in [6, 6.07) is 9.54. The molecule has 2 rings (SSSR count). The third-order valence-corrected chi connectivity index (χ3v) is 3.98. The summed E-state index contributed by atoms with van der Waals surface area (Å²) in [5.41, 5.74) is 1.62. The average molecular weight is 319 g/mol. The number of carbonyl (C=O) groups is 1. The largest absolute Gasteiger partial charge is 0.497 e. The Morgan fingerprint density at radius 1 is 1.32 bits per heavy atom. The molecule has 1 unspecified atom stereocenters. The molecule has 0 saturated heterocycles. The molecular weight excluding hydrogens is 300 g/mol. The molecule has 116 valence electrons. The van der Waals surface area contributed by atoms with Crippen LogP contribution in [0.5, 0.6) is 5.75 Å². The van der Waals surface area contributed by atoms with Gasteiger partial charge in [0.05, 0.1) is 17.7 Å². The highest BCUT2D eigenvalue weighted by Gasteiger charge is 2.19. The summed E-state index contributed by atoms with van der Waals surface area (Å²) in [5, 5.41) is 0.371. The van der Waals surface area contributed by atoms with Gasteiger partial charge < -0.3 is 9.64 Å². The van der Waals surface area contributed by atoms with Gasteiger partial charge in [-0.2, -0.15) is 0 Å². The summed E-state index contributed by atoms with van der Waals surface area (Å²) in [7, 11) is 3.43. The molecule has 5 heteroatoms. The number of hydrogen-bond acceptors (Lipinski definition) is 3. The minimum absolute atomic E-state index is 0.0464. The van der Waals surface area contributed by atoms with Crippen LogP contribution in [0.2, 0.25) is 5.02 Å². The van der Waals surface area contributed by atoms with Gasteiger partial charge in [0.1, 0.15) is 5.75 Å². The average Bonchev–Trinajstić information content (AvgIpc) is 2.54. The molecule has 1 amide bonds. The van der Waals surface area contributed by atoms with Crippen molar-refractivity contribution in [1.82, 2.24) is 9.88 Å². The first-order chi connectivity index (χ1) is 10.5. The predicted octanol–water partition coefficient (Wildman–Crippen LogP) is 3.45. The van der Waals surface area contributed by atoms with Crippen LogP contribution in [0.1, 0.15) is 22.8 Å². The van der Waals surface area contributed by atoms with Crippen LogP contribution in [-0.2, 0) is 6.42 Å². The van der Waals surface area contributed by atoms with E-state index >= 15 is 0 Å². The van der Waals surface area contributed by atoms with Gasteiger partial charge in [-0.15, -0.1) is 0 Å². The minimum atomic E-state index is -0.103. The van der Waals surface area contributed by atoms with E-state index in [4.69, 9.17) is 16.3 Å². The molecule has 4 nitrogen and oxygen atoms in total. The molecule has 22 heavy (non-hydrogen) atoms. The van der Waals surface area contributed by atoms with Crippen LogP contribution in [0.15, 0.2) is 42.7 Å². The molecule has 1 aromatic carbocycles. The third-order valence-electron chi connectivity index (χ3n) is 3.67. The van der Waals surface area contributed by atoms with Gasteiger partial charge in [-0.05, 0) is 37.1 Å². The van der Waals surface area contributed by atoms with E-state index in [2.05, 4.69) is 4.98 Å². The van der Waals surface area contributed by atoms with Crippen molar-refractivity contribution >= 4 is 17.5 Å². The number of likely N-dealkylation sites (N-methyl/N-ethyl adjacent to an activating group) is 1. The van der Waals surface area contributed by atoms with Gasteiger partial charge in [-0.25, -0.2) is 0 Å². The van der Waals surface area contributed by atoms with E-state index in [1.54, 1.807) is 31.3 Å². The van der Waals surface area contributed by atoms with Crippen molar-refractivity contribution in [3.63, 3.8) is 0 Å². The number of halogens is 1. The van der Waals surface area contributed by atoms with Crippen LogP contribution in [0.3, 0.4) is 0 Å². The second kappa shape index (κ2) is 7.27. The van der Waals surface area contributed by atoms with Crippen molar-refractivity contribution in [2.45, 2.75) is 19.4 Å². The number of carbonyl (C=O) groups excluding carboxylic acids is 1. The van der Waals surface area contributed by atoms with Gasteiger partial charge in [0.25, 0.3) is 5.91 Å². The number of benzene rings is 1. The Hall–Kier alpha value is -2.07. The first-order valence-corrected chi connectivity index (χ1v) is 7.40. The molecular formula is C17H19ClN2O2. The lowest BCUT2D eigenvalue weighted by Gasteiger charge is -2.25. The molecule has 1 heterocycles. The number of nitrogens with zero attached hydrogens (tertiary/aromatic N) is 2. The fourth-order valence-corrected chi connectivity index (χ4v) is 2.38. The molecule has 0 fully saturated rings. The van der Waals surface area contributed by atoms with Crippen molar-refractivity contribution in [3.8, 4) is 5.75 Å². The lowest BCUT2D eigenvalue weighted by molar-refractivity contribution is 0.0743. The lowest BCUT2D eigenvalue weighted by atomic mass is 10.1. The number of amides is 1. The topological polar surface area (TPSA) is 42.4 Å². The molecule has 1 atom stereocenters. The van der Waals surface area contributed by atoms with Crippen molar-refractivity contribution < 1.29 is 9.53 Å². The maximum absolute atomic E-state index is 12.5. The molecule has 0 aliphatic rings. The highest BCUT2D eigenvalue weighted by molar-refractivity contribution is 6.33. The van der Waals surface area contributed by atoms with E-state index in [1.807, 2.05) is 31.2 Å². The standard InChI is InChI=1S/C17H19ClN2O2/c1-12(10-13-4-6-14(22-3)7-5-13)20(2)17(21)15-8-9-19-11-16(15)18/h4-9,11-12H,10H2,1-3H3.